The van der Waals surface area contributed by atoms with E-state index in [0.29, 0.717) is 17.0 Å². The van der Waals surface area contributed by atoms with Crippen molar-refractivity contribution >= 4 is 29.1 Å². The van der Waals surface area contributed by atoms with Crippen LogP contribution in [0, 0.1) is 6.92 Å². The molecular weight excluding hydrogens is 250 g/mol. The molecule has 1 N–H and O–H groups in total. The van der Waals surface area contributed by atoms with Crippen molar-refractivity contribution in [3.8, 4) is 0 Å². The lowest BCUT2D eigenvalue weighted by molar-refractivity contribution is 0.0715. The van der Waals surface area contributed by atoms with Gasteiger partial charge in [0.1, 0.15) is 11.3 Å². The number of aromatic nitrogens is 1. The molecule has 0 atom stereocenters. The third kappa shape index (κ3) is 1.69. The van der Waals surface area contributed by atoms with Crippen LogP contribution < -0.4 is 5.56 Å². The van der Waals surface area contributed by atoms with Crippen LogP contribution in [0.3, 0.4) is 0 Å². The molecule has 1 aliphatic rings. The number of hydrogen-bond donors (Lipinski definition) is 1. The maximum Gasteiger partial charge on any atom is 0.349 e. The topological polar surface area (TPSA) is 59.2 Å². The first-order valence-electron chi connectivity index (χ1n) is 5.37. The molecule has 3 rings (SSSR count). The molecule has 4 nitrogen and oxygen atoms in total. The van der Waals surface area contributed by atoms with E-state index < -0.39 is 11.5 Å². The fourth-order valence-corrected chi connectivity index (χ4v) is 2.55. The lowest BCUT2D eigenvalue weighted by Crippen LogP contribution is -2.16. The maximum absolute atomic E-state index is 11.7. The van der Waals surface area contributed by atoms with Crippen molar-refractivity contribution in [2.75, 3.05) is 0 Å². The van der Waals surface area contributed by atoms with Crippen LogP contribution in [0.1, 0.15) is 26.5 Å². The minimum atomic E-state index is -0.589. The van der Waals surface area contributed by atoms with Crippen LogP contribution in [0.2, 0.25) is 0 Å². The molecule has 0 spiro atoms. The van der Waals surface area contributed by atoms with Crippen molar-refractivity contribution in [1.82, 2.24) is 4.98 Å². The fourth-order valence-electron chi connectivity index (χ4n) is 1.90. The van der Waals surface area contributed by atoms with Crippen LogP contribution in [0.25, 0.3) is 11.8 Å². The van der Waals surface area contributed by atoms with E-state index in [1.807, 2.05) is 17.5 Å². The van der Waals surface area contributed by atoms with Gasteiger partial charge in [-0.25, -0.2) is 4.79 Å². The Hall–Kier alpha value is -2.14. The molecule has 1 aliphatic heterocycles. The summed E-state index contributed by atoms with van der Waals surface area (Å²) in [4.78, 5) is 26.9. The number of carbonyl (C=O) groups excluding carboxylic acids is 1. The molecule has 0 fully saturated rings. The molecule has 3 heterocycles. The van der Waals surface area contributed by atoms with Gasteiger partial charge in [0.15, 0.2) is 0 Å². The molecule has 0 saturated carbocycles. The van der Waals surface area contributed by atoms with E-state index in [1.54, 1.807) is 30.4 Å². The summed E-state index contributed by atoms with van der Waals surface area (Å²) in [5, 5.41) is 1.94. The molecule has 0 radical (unpaired) electrons. The van der Waals surface area contributed by atoms with Crippen molar-refractivity contribution in [1.29, 1.82) is 0 Å². The second-order valence-corrected chi connectivity index (χ2v) is 4.96. The molecule has 90 valence electrons. The Kier molecular flexibility index (Phi) is 2.41. The van der Waals surface area contributed by atoms with Gasteiger partial charge in [-0.15, -0.1) is 11.3 Å². The fraction of sp³-hybridized carbons (Fsp3) is 0.0769. The molecule has 5 heteroatoms. The van der Waals surface area contributed by atoms with Crippen LogP contribution in [0.5, 0.6) is 0 Å². The van der Waals surface area contributed by atoms with E-state index in [1.165, 1.54) is 0 Å². The number of ether oxygens (including phenoxy) is 1. The normalized spacial score (nSPS) is 15.8. The molecule has 2 aromatic heterocycles. The second kappa shape index (κ2) is 3.96. The Balaban J connectivity index is 2.20. The second-order valence-electron chi connectivity index (χ2n) is 3.98. The van der Waals surface area contributed by atoms with Gasteiger partial charge in [-0.1, -0.05) is 6.07 Å². The zero-order chi connectivity index (χ0) is 12.7. The summed E-state index contributed by atoms with van der Waals surface area (Å²) >= 11 is 1.54. The molecule has 0 unspecified atom stereocenters. The Labute approximate surface area is 107 Å². The molecule has 2 aromatic rings. The summed E-state index contributed by atoms with van der Waals surface area (Å²) < 4.78 is 5.15. The highest BCUT2D eigenvalue weighted by atomic mass is 32.1. The third-order valence-corrected chi connectivity index (χ3v) is 3.48. The number of aromatic amines is 1. The van der Waals surface area contributed by atoms with Gasteiger partial charge in [-0.3, -0.25) is 4.79 Å². The van der Waals surface area contributed by atoms with Gasteiger partial charge in [0, 0.05) is 16.1 Å². The summed E-state index contributed by atoms with van der Waals surface area (Å²) in [6.07, 6.45) is 1.77. The predicted molar refractivity (Wildman–Crippen MR) is 69.4 cm³/mol. The summed E-state index contributed by atoms with van der Waals surface area (Å²) in [6.45, 7) is 1.77. The van der Waals surface area contributed by atoms with Gasteiger partial charge in [-0.2, -0.15) is 0 Å². The first kappa shape index (κ1) is 11.0. The highest BCUT2D eigenvalue weighted by molar-refractivity contribution is 7.10. The van der Waals surface area contributed by atoms with Crippen molar-refractivity contribution < 1.29 is 9.53 Å². The standard InChI is InChI=1S/C13H9NO3S/c1-7-5-9-10(6-8-3-2-4-18-8)17-13(16)11(9)12(15)14-7/h2-6H,1H3,(H,14,15)/b10-6+. The van der Waals surface area contributed by atoms with Gasteiger partial charge >= 0.3 is 5.97 Å². The molecule has 18 heavy (non-hydrogen) atoms. The van der Waals surface area contributed by atoms with E-state index in [2.05, 4.69) is 4.98 Å². The number of nitrogens with one attached hydrogen (secondary N) is 1. The highest BCUT2D eigenvalue weighted by Gasteiger charge is 2.30. The Morgan fingerprint density at radius 2 is 2.22 bits per heavy atom. The highest BCUT2D eigenvalue weighted by Crippen LogP contribution is 2.30. The van der Waals surface area contributed by atoms with E-state index in [-0.39, 0.29) is 5.56 Å². The monoisotopic (exact) mass is 259 g/mol. The number of hydrogen-bond acceptors (Lipinski definition) is 4. The van der Waals surface area contributed by atoms with Crippen LogP contribution >= 0.6 is 11.3 Å². The quantitative estimate of drug-likeness (QED) is 0.800. The average Bonchev–Trinajstić information content (AvgIpc) is 2.88. The van der Waals surface area contributed by atoms with Crippen LogP contribution in [0.4, 0.5) is 0 Å². The molecular formula is C13H9NO3S. The van der Waals surface area contributed by atoms with E-state index in [9.17, 15) is 9.59 Å². The average molecular weight is 259 g/mol. The number of thiophene rings is 1. The van der Waals surface area contributed by atoms with Gasteiger partial charge in [0.05, 0.1) is 0 Å². The SMILES string of the molecule is Cc1cc2c(c(=O)[nH]1)C(=O)O/C2=C/c1cccs1. The van der Waals surface area contributed by atoms with Gasteiger partial charge in [0.25, 0.3) is 5.56 Å². The predicted octanol–water partition coefficient (Wildman–Crippen LogP) is 2.41. The minimum Gasteiger partial charge on any atom is -0.422 e. The summed E-state index contributed by atoms with van der Waals surface area (Å²) in [6, 6.07) is 5.59. The van der Waals surface area contributed by atoms with Gasteiger partial charge < -0.3 is 9.72 Å². The maximum atomic E-state index is 11.7. The summed E-state index contributed by atoms with van der Waals surface area (Å²) in [7, 11) is 0. The van der Waals surface area contributed by atoms with Crippen LogP contribution in [0.15, 0.2) is 28.4 Å². The summed E-state index contributed by atoms with van der Waals surface area (Å²) in [5.41, 5.74) is 0.955. The van der Waals surface area contributed by atoms with Crippen LogP contribution in [-0.4, -0.2) is 11.0 Å². The first-order valence-corrected chi connectivity index (χ1v) is 6.25. The van der Waals surface area contributed by atoms with Crippen molar-refractivity contribution in [2.45, 2.75) is 6.92 Å². The van der Waals surface area contributed by atoms with Gasteiger partial charge in [-0.05, 0) is 30.5 Å². The largest absolute Gasteiger partial charge is 0.422 e. The summed E-state index contributed by atoms with van der Waals surface area (Å²) in [5.74, 6) is -0.152. The van der Waals surface area contributed by atoms with E-state index in [4.69, 9.17) is 4.74 Å². The van der Waals surface area contributed by atoms with Crippen molar-refractivity contribution in [3.63, 3.8) is 0 Å². The number of carbonyl (C=O) groups is 1. The third-order valence-electron chi connectivity index (χ3n) is 2.66. The number of rotatable bonds is 1. The van der Waals surface area contributed by atoms with Crippen molar-refractivity contribution in [3.05, 3.63) is 55.6 Å². The number of esters is 1. The number of fused-ring (bicyclic) bond motifs is 1. The molecule has 0 aliphatic carbocycles. The smallest absolute Gasteiger partial charge is 0.349 e. The van der Waals surface area contributed by atoms with E-state index in [0.717, 1.165) is 4.88 Å². The Morgan fingerprint density at radius 1 is 1.39 bits per heavy atom. The number of pyridine rings is 1. The minimum absolute atomic E-state index is 0.0865. The zero-order valence-electron chi connectivity index (χ0n) is 9.52. The lowest BCUT2D eigenvalue weighted by atomic mass is 10.1. The molecule has 0 saturated heterocycles. The van der Waals surface area contributed by atoms with Crippen molar-refractivity contribution in [2.24, 2.45) is 0 Å². The van der Waals surface area contributed by atoms with E-state index >= 15 is 0 Å². The van der Waals surface area contributed by atoms with Crippen LogP contribution in [-0.2, 0) is 4.74 Å². The Morgan fingerprint density at radius 3 is 2.94 bits per heavy atom. The number of aryl methyl sites for hydroxylation is 1. The number of H-pyrrole nitrogens is 1. The Bertz CT molecular complexity index is 710. The number of cyclic esters (lactones) is 1. The lowest BCUT2D eigenvalue weighted by Gasteiger charge is -1.98. The zero-order valence-corrected chi connectivity index (χ0v) is 10.3. The molecule has 0 bridgehead atoms. The van der Waals surface area contributed by atoms with Gasteiger partial charge in [0.2, 0.25) is 0 Å². The first-order chi connectivity index (χ1) is 8.65. The molecule has 0 amide bonds. The molecule has 0 aromatic carbocycles.